The molecule has 0 saturated carbocycles. The minimum atomic E-state index is 0.753. The van der Waals surface area contributed by atoms with Crippen LogP contribution in [0.1, 0.15) is 5.56 Å². The molecule has 14 heavy (non-hydrogen) atoms. The third-order valence-corrected chi connectivity index (χ3v) is 3.03. The molecule has 1 N–H and O–H groups in total. The van der Waals surface area contributed by atoms with Gasteiger partial charge >= 0.3 is 0 Å². The van der Waals surface area contributed by atoms with E-state index < -0.39 is 0 Å². The van der Waals surface area contributed by atoms with Crippen LogP contribution >= 0.6 is 27.7 Å². The maximum atomic E-state index is 4.28. The standard InChI is InChI=1S/C8H7BrN4S/c1-5-2-6(9)3-10-7(5)14-8-11-4-12-13-8/h2-4H,1H3,(H,11,12,13). The molecule has 0 saturated heterocycles. The number of rotatable bonds is 2. The van der Waals surface area contributed by atoms with Crippen LogP contribution in [0, 0.1) is 6.92 Å². The molecule has 72 valence electrons. The SMILES string of the molecule is Cc1cc(Br)cnc1Sc1ncn[nH]1. The van der Waals surface area contributed by atoms with E-state index in [1.54, 1.807) is 6.20 Å². The van der Waals surface area contributed by atoms with Gasteiger partial charge in [-0.3, -0.25) is 5.10 Å². The van der Waals surface area contributed by atoms with Gasteiger partial charge in [-0.1, -0.05) is 0 Å². The van der Waals surface area contributed by atoms with Crippen molar-refractivity contribution in [2.24, 2.45) is 0 Å². The molecule has 0 aliphatic heterocycles. The Balaban J connectivity index is 2.25. The summed E-state index contributed by atoms with van der Waals surface area (Å²) in [5.74, 6) is 0. The molecule has 2 aromatic rings. The Bertz CT molecular complexity index is 429. The van der Waals surface area contributed by atoms with Crippen molar-refractivity contribution in [3.05, 3.63) is 28.6 Å². The first-order valence-electron chi connectivity index (χ1n) is 3.91. The highest BCUT2D eigenvalue weighted by atomic mass is 79.9. The second-order valence-corrected chi connectivity index (χ2v) is 4.56. The van der Waals surface area contributed by atoms with E-state index in [4.69, 9.17) is 0 Å². The number of aryl methyl sites for hydroxylation is 1. The van der Waals surface area contributed by atoms with Gasteiger partial charge in [0, 0.05) is 10.7 Å². The Morgan fingerprint density at radius 1 is 1.43 bits per heavy atom. The molecule has 0 unspecified atom stereocenters. The Kier molecular flexibility index (Phi) is 2.83. The zero-order valence-corrected chi connectivity index (χ0v) is 9.76. The number of halogens is 1. The summed E-state index contributed by atoms with van der Waals surface area (Å²) in [6.45, 7) is 2.01. The van der Waals surface area contributed by atoms with Crippen LogP contribution in [0.2, 0.25) is 0 Å². The van der Waals surface area contributed by atoms with Crippen molar-refractivity contribution < 1.29 is 0 Å². The average Bonchev–Trinajstić information content (AvgIpc) is 2.62. The van der Waals surface area contributed by atoms with E-state index in [0.717, 1.165) is 20.2 Å². The molecule has 2 rings (SSSR count). The third kappa shape index (κ3) is 2.13. The van der Waals surface area contributed by atoms with Crippen LogP contribution in [-0.4, -0.2) is 20.2 Å². The number of aromatic nitrogens is 4. The molecule has 0 amide bonds. The monoisotopic (exact) mass is 270 g/mol. The van der Waals surface area contributed by atoms with Gasteiger partial charge in [-0.15, -0.1) is 0 Å². The summed E-state index contributed by atoms with van der Waals surface area (Å²) < 4.78 is 0.983. The highest BCUT2D eigenvalue weighted by Crippen LogP contribution is 2.26. The summed E-state index contributed by atoms with van der Waals surface area (Å²) in [5, 5.41) is 8.24. The fraction of sp³-hybridized carbons (Fsp3) is 0.125. The van der Waals surface area contributed by atoms with E-state index in [1.165, 1.54) is 18.1 Å². The van der Waals surface area contributed by atoms with Crippen LogP contribution in [0.25, 0.3) is 0 Å². The maximum absolute atomic E-state index is 4.28. The van der Waals surface area contributed by atoms with Gasteiger partial charge in [-0.25, -0.2) is 9.97 Å². The Morgan fingerprint density at radius 3 is 2.93 bits per heavy atom. The quantitative estimate of drug-likeness (QED) is 0.911. The van der Waals surface area contributed by atoms with Gasteiger partial charge in [0.05, 0.1) is 0 Å². The molecule has 6 heteroatoms. The molecule has 0 fully saturated rings. The minimum Gasteiger partial charge on any atom is -0.254 e. The molecule has 0 atom stereocenters. The van der Waals surface area contributed by atoms with Crippen molar-refractivity contribution in [3.8, 4) is 0 Å². The van der Waals surface area contributed by atoms with E-state index in [1.807, 2.05) is 13.0 Å². The second kappa shape index (κ2) is 4.10. The van der Waals surface area contributed by atoms with Crippen LogP contribution < -0.4 is 0 Å². The summed E-state index contributed by atoms with van der Waals surface area (Å²) in [4.78, 5) is 8.30. The Hall–Kier alpha value is -0.880. The molecule has 0 aromatic carbocycles. The number of pyridine rings is 1. The molecular formula is C8H7BrN4S. The molecule has 0 aliphatic rings. The van der Waals surface area contributed by atoms with Crippen molar-refractivity contribution in [2.75, 3.05) is 0 Å². The van der Waals surface area contributed by atoms with E-state index in [2.05, 4.69) is 36.1 Å². The third-order valence-electron chi connectivity index (χ3n) is 1.58. The van der Waals surface area contributed by atoms with Gasteiger partial charge in [-0.05, 0) is 46.2 Å². The highest BCUT2D eigenvalue weighted by Gasteiger charge is 2.04. The van der Waals surface area contributed by atoms with Crippen LogP contribution in [0.5, 0.6) is 0 Å². The maximum Gasteiger partial charge on any atom is 0.189 e. The molecule has 0 aliphatic carbocycles. The van der Waals surface area contributed by atoms with Crippen LogP contribution in [0.4, 0.5) is 0 Å². The number of H-pyrrole nitrogens is 1. The molecule has 4 nitrogen and oxygen atoms in total. The summed E-state index contributed by atoms with van der Waals surface area (Å²) in [7, 11) is 0. The number of hydrogen-bond donors (Lipinski definition) is 1. The van der Waals surface area contributed by atoms with Crippen molar-refractivity contribution in [3.63, 3.8) is 0 Å². The van der Waals surface area contributed by atoms with Crippen molar-refractivity contribution in [1.29, 1.82) is 0 Å². The molecule has 2 aromatic heterocycles. The smallest absolute Gasteiger partial charge is 0.189 e. The van der Waals surface area contributed by atoms with E-state index in [-0.39, 0.29) is 0 Å². The molecule has 0 bridgehead atoms. The van der Waals surface area contributed by atoms with Crippen molar-refractivity contribution in [1.82, 2.24) is 20.2 Å². The van der Waals surface area contributed by atoms with E-state index in [9.17, 15) is 0 Å². The lowest BCUT2D eigenvalue weighted by molar-refractivity contribution is 0.963. The molecule has 2 heterocycles. The van der Waals surface area contributed by atoms with Crippen LogP contribution in [0.3, 0.4) is 0 Å². The summed E-state index contributed by atoms with van der Waals surface area (Å²) in [5.41, 5.74) is 1.11. The average molecular weight is 271 g/mol. The van der Waals surface area contributed by atoms with E-state index >= 15 is 0 Å². The van der Waals surface area contributed by atoms with E-state index in [0.29, 0.717) is 0 Å². The number of nitrogens with zero attached hydrogens (tertiary/aromatic N) is 3. The summed E-state index contributed by atoms with van der Waals surface area (Å²) >= 11 is 4.84. The Morgan fingerprint density at radius 2 is 2.29 bits per heavy atom. The first kappa shape index (κ1) is 9.67. The topological polar surface area (TPSA) is 54.5 Å². The fourth-order valence-electron chi connectivity index (χ4n) is 0.970. The van der Waals surface area contributed by atoms with Crippen LogP contribution in [-0.2, 0) is 0 Å². The number of hydrogen-bond acceptors (Lipinski definition) is 4. The normalized spacial score (nSPS) is 10.4. The number of nitrogens with one attached hydrogen (secondary N) is 1. The van der Waals surface area contributed by atoms with Gasteiger partial charge in [0.15, 0.2) is 5.16 Å². The fourth-order valence-corrected chi connectivity index (χ4v) is 2.12. The molecule has 0 radical (unpaired) electrons. The van der Waals surface area contributed by atoms with Crippen molar-refractivity contribution >= 4 is 27.7 Å². The zero-order valence-electron chi connectivity index (χ0n) is 7.36. The number of aromatic amines is 1. The lowest BCUT2D eigenvalue weighted by Gasteiger charge is -2.01. The van der Waals surface area contributed by atoms with Crippen molar-refractivity contribution in [2.45, 2.75) is 17.1 Å². The zero-order chi connectivity index (χ0) is 9.97. The first-order valence-corrected chi connectivity index (χ1v) is 5.52. The second-order valence-electron chi connectivity index (χ2n) is 2.67. The predicted molar refractivity (Wildman–Crippen MR) is 57.2 cm³/mol. The summed E-state index contributed by atoms with van der Waals surface area (Å²) in [6.07, 6.45) is 3.25. The van der Waals surface area contributed by atoms with Gasteiger partial charge in [0.1, 0.15) is 11.4 Å². The minimum absolute atomic E-state index is 0.753. The largest absolute Gasteiger partial charge is 0.254 e. The molecular weight excluding hydrogens is 264 g/mol. The highest BCUT2D eigenvalue weighted by molar-refractivity contribution is 9.10. The van der Waals surface area contributed by atoms with Crippen LogP contribution in [0.15, 0.2) is 33.2 Å². The lowest BCUT2D eigenvalue weighted by Crippen LogP contribution is -1.86. The van der Waals surface area contributed by atoms with Gasteiger partial charge in [0.2, 0.25) is 0 Å². The summed E-state index contributed by atoms with van der Waals surface area (Å²) in [6, 6.07) is 2.02. The lowest BCUT2D eigenvalue weighted by atomic mass is 10.3. The van der Waals surface area contributed by atoms with Gasteiger partial charge in [0.25, 0.3) is 0 Å². The Labute approximate surface area is 93.7 Å². The van der Waals surface area contributed by atoms with Gasteiger partial charge in [-0.2, -0.15) is 5.10 Å². The predicted octanol–water partition coefficient (Wildman–Crippen LogP) is 2.42. The molecule has 0 spiro atoms. The first-order chi connectivity index (χ1) is 6.75. The van der Waals surface area contributed by atoms with Gasteiger partial charge < -0.3 is 0 Å².